The van der Waals surface area contributed by atoms with E-state index in [1.807, 2.05) is 4.90 Å². The summed E-state index contributed by atoms with van der Waals surface area (Å²) in [6.07, 6.45) is 3.10. The van der Waals surface area contributed by atoms with Crippen molar-refractivity contribution in [2.24, 2.45) is 11.7 Å². The molecule has 0 spiro atoms. The number of carbonyl (C=O) groups is 1. The Hall–Kier alpha value is -2.45. The molecule has 3 N–H and O–H groups in total. The molecular formula is C12H18N6O3. The Morgan fingerprint density at radius 3 is 2.76 bits per heavy atom. The summed E-state index contributed by atoms with van der Waals surface area (Å²) in [6.45, 7) is 1.22. The van der Waals surface area contributed by atoms with Crippen LogP contribution in [0.1, 0.15) is 19.3 Å². The summed E-state index contributed by atoms with van der Waals surface area (Å²) in [5.41, 5.74) is 5.09. The van der Waals surface area contributed by atoms with Crippen LogP contribution in [0.4, 0.5) is 17.5 Å². The number of aromatic nitrogens is 2. The second-order valence-electron chi connectivity index (χ2n) is 5.01. The predicted octanol–water partition coefficient (Wildman–Crippen LogP) is 0.518. The molecule has 1 aromatic rings. The van der Waals surface area contributed by atoms with Crippen LogP contribution in [0.15, 0.2) is 6.20 Å². The first kappa shape index (κ1) is 14.9. The van der Waals surface area contributed by atoms with E-state index < -0.39 is 4.92 Å². The maximum absolute atomic E-state index is 11.1. The maximum atomic E-state index is 11.1. The normalized spacial score (nSPS) is 15.8. The van der Waals surface area contributed by atoms with Crippen molar-refractivity contribution in [2.45, 2.75) is 19.3 Å². The minimum absolute atomic E-state index is 0.109. The molecule has 1 saturated heterocycles. The summed E-state index contributed by atoms with van der Waals surface area (Å²) in [7, 11) is 1.66. The molecular weight excluding hydrogens is 276 g/mol. The van der Waals surface area contributed by atoms with Gasteiger partial charge in [0.05, 0.1) is 4.92 Å². The van der Waals surface area contributed by atoms with E-state index in [1.165, 1.54) is 6.20 Å². The number of hydrogen-bond acceptors (Lipinski definition) is 7. The Labute approximate surface area is 121 Å². The quantitative estimate of drug-likeness (QED) is 0.598. The number of nitro groups is 1. The van der Waals surface area contributed by atoms with E-state index in [4.69, 9.17) is 5.73 Å². The van der Waals surface area contributed by atoms with Gasteiger partial charge >= 0.3 is 5.69 Å². The number of hydrogen-bond donors (Lipinski definition) is 2. The van der Waals surface area contributed by atoms with Crippen molar-refractivity contribution in [3.8, 4) is 0 Å². The average molecular weight is 294 g/mol. The van der Waals surface area contributed by atoms with Crippen molar-refractivity contribution >= 4 is 23.4 Å². The standard InChI is InChI=1S/C12H18N6O3/c1-14-12-15-7-9(18(20)21)11(16-12)17-4-2-8(3-5-17)6-10(13)19/h7-8H,2-6H2,1H3,(H2,13,19)(H,14,15,16). The van der Waals surface area contributed by atoms with Crippen molar-refractivity contribution in [2.75, 3.05) is 30.4 Å². The lowest BCUT2D eigenvalue weighted by atomic mass is 9.93. The Morgan fingerprint density at radius 1 is 1.57 bits per heavy atom. The molecule has 0 atom stereocenters. The molecule has 0 saturated carbocycles. The molecule has 2 heterocycles. The zero-order valence-electron chi connectivity index (χ0n) is 11.8. The molecule has 2 rings (SSSR count). The lowest BCUT2D eigenvalue weighted by Gasteiger charge is -2.31. The van der Waals surface area contributed by atoms with Gasteiger partial charge in [-0.25, -0.2) is 4.98 Å². The van der Waals surface area contributed by atoms with Crippen LogP contribution in [-0.2, 0) is 4.79 Å². The fourth-order valence-corrected chi connectivity index (χ4v) is 2.48. The van der Waals surface area contributed by atoms with Crippen LogP contribution in [0.3, 0.4) is 0 Å². The number of nitrogens with two attached hydrogens (primary N) is 1. The molecule has 0 bridgehead atoms. The molecule has 0 aromatic carbocycles. The van der Waals surface area contributed by atoms with Gasteiger partial charge < -0.3 is 16.0 Å². The van der Waals surface area contributed by atoms with Gasteiger partial charge in [-0.2, -0.15) is 4.98 Å². The second kappa shape index (κ2) is 6.33. The van der Waals surface area contributed by atoms with Crippen molar-refractivity contribution < 1.29 is 9.72 Å². The van der Waals surface area contributed by atoms with Crippen molar-refractivity contribution in [1.82, 2.24) is 9.97 Å². The molecule has 9 nitrogen and oxygen atoms in total. The SMILES string of the molecule is CNc1ncc([N+](=O)[O-])c(N2CCC(CC(N)=O)CC2)n1. The van der Waals surface area contributed by atoms with Gasteiger partial charge in [-0.3, -0.25) is 14.9 Å². The summed E-state index contributed by atoms with van der Waals surface area (Å²) >= 11 is 0. The van der Waals surface area contributed by atoms with Crippen LogP contribution >= 0.6 is 0 Å². The zero-order valence-corrected chi connectivity index (χ0v) is 11.8. The minimum atomic E-state index is -0.482. The third-order valence-electron chi connectivity index (χ3n) is 3.57. The summed E-state index contributed by atoms with van der Waals surface area (Å²) in [5.74, 6) is 0.592. The summed E-state index contributed by atoms with van der Waals surface area (Å²) < 4.78 is 0. The smallest absolute Gasteiger partial charge is 0.329 e. The van der Waals surface area contributed by atoms with Gasteiger partial charge in [0.2, 0.25) is 17.7 Å². The van der Waals surface area contributed by atoms with Crippen LogP contribution in [0.25, 0.3) is 0 Å². The lowest BCUT2D eigenvalue weighted by molar-refractivity contribution is -0.384. The van der Waals surface area contributed by atoms with E-state index in [-0.39, 0.29) is 17.5 Å². The highest BCUT2D eigenvalue weighted by molar-refractivity contribution is 5.74. The number of nitrogens with zero attached hydrogens (tertiary/aromatic N) is 4. The van der Waals surface area contributed by atoms with Crippen molar-refractivity contribution in [3.63, 3.8) is 0 Å². The summed E-state index contributed by atoms with van der Waals surface area (Å²) in [4.78, 5) is 31.5. The zero-order chi connectivity index (χ0) is 15.4. The fraction of sp³-hybridized carbons (Fsp3) is 0.583. The maximum Gasteiger partial charge on any atom is 0.329 e. The average Bonchev–Trinajstić information content (AvgIpc) is 2.46. The van der Waals surface area contributed by atoms with Crippen LogP contribution in [0.5, 0.6) is 0 Å². The molecule has 0 unspecified atom stereocenters. The topological polar surface area (TPSA) is 127 Å². The number of carbonyl (C=O) groups excluding carboxylic acids is 1. The van der Waals surface area contributed by atoms with Gasteiger partial charge in [-0.1, -0.05) is 0 Å². The molecule has 21 heavy (non-hydrogen) atoms. The van der Waals surface area contributed by atoms with Crippen LogP contribution in [0, 0.1) is 16.0 Å². The third-order valence-corrected chi connectivity index (χ3v) is 3.57. The first-order valence-corrected chi connectivity index (χ1v) is 6.73. The van der Waals surface area contributed by atoms with Gasteiger partial charge in [0.1, 0.15) is 6.20 Å². The van der Waals surface area contributed by atoms with E-state index in [1.54, 1.807) is 7.05 Å². The predicted molar refractivity (Wildman–Crippen MR) is 77.0 cm³/mol. The van der Waals surface area contributed by atoms with Crippen molar-refractivity contribution in [1.29, 1.82) is 0 Å². The molecule has 0 radical (unpaired) electrons. The van der Waals surface area contributed by atoms with Crippen molar-refractivity contribution in [3.05, 3.63) is 16.3 Å². The highest BCUT2D eigenvalue weighted by Crippen LogP contribution is 2.30. The molecule has 1 amide bonds. The third kappa shape index (κ3) is 3.56. The highest BCUT2D eigenvalue weighted by Gasteiger charge is 2.27. The monoisotopic (exact) mass is 294 g/mol. The van der Waals surface area contributed by atoms with E-state index in [9.17, 15) is 14.9 Å². The Kier molecular flexibility index (Phi) is 4.51. The first-order chi connectivity index (χ1) is 10.0. The van der Waals surface area contributed by atoms with E-state index in [0.29, 0.717) is 31.3 Å². The largest absolute Gasteiger partial charge is 0.370 e. The van der Waals surface area contributed by atoms with Gasteiger partial charge in [0, 0.05) is 26.6 Å². The van der Waals surface area contributed by atoms with Crippen LogP contribution in [0.2, 0.25) is 0 Å². The number of anilines is 2. The number of amides is 1. The number of rotatable bonds is 5. The molecule has 0 aliphatic carbocycles. The summed E-state index contributed by atoms with van der Waals surface area (Å²) in [5, 5.41) is 13.9. The van der Waals surface area contributed by atoms with Gasteiger partial charge in [0.25, 0.3) is 0 Å². The molecule has 1 aliphatic heterocycles. The highest BCUT2D eigenvalue weighted by atomic mass is 16.6. The summed E-state index contributed by atoms with van der Waals surface area (Å²) in [6, 6.07) is 0. The fourth-order valence-electron chi connectivity index (χ4n) is 2.48. The minimum Gasteiger partial charge on any atom is -0.370 e. The van der Waals surface area contributed by atoms with Gasteiger partial charge in [-0.05, 0) is 18.8 Å². The lowest BCUT2D eigenvalue weighted by Crippen LogP contribution is -2.36. The Balaban J connectivity index is 2.15. The van der Waals surface area contributed by atoms with E-state index in [0.717, 1.165) is 12.8 Å². The molecule has 1 aromatic heterocycles. The van der Waals surface area contributed by atoms with Crippen LogP contribution < -0.4 is 16.0 Å². The number of primary amides is 1. The molecule has 1 fully saturated rings. The van der Waals surface area contributed by atoms with Gasteiger partial charge in [-0.15, -0.1) is 0 Å². The molecule has 9 heteroatoms. The number of nitrogens with one attached hydrogen (secondary N) is 1. The molecule has 1 aliphatic rings. The van der Waals surface area contributed by atoms with Gasteiger partial charge in [0.15, 0.2) is 0 Å². The van der Waals surface area contributed by atoms with Crippen LogP contribution in [-0.4, -0.2) is 40.9 Å². The Morgan fingerprint density at radius 2 is 2.24 bits per heavy atom. The first-order valence-electron chi connectivity index (χ1n) is 6.73. The molecule has 114 valence electrons. The Bertz CT molecular complexity index is 542. The van der Waals surface area contributed by atoms with E-state index >= 15 is 0 Å². The van der Waals surface area contributed by atoms with E-state index in [2.05, 4.69) is 15.3 Å². The second-order valence-corrected chi connectivity index (χ2v) is 5.01. The number of piperidine rings is 1.